The van der Waals surface area contributed by atoms with Crippen molar-refractivity contribution in [1.82, 2.24) is 0 Å². The molecule has 0 spiro atoms. The molecule has 6 heteroatoms. The molecule has 0 radical (unpaired) electrons. The standard InChI is InChI=1S/C16H13NO5/c18-13(19)7-8-14(20)22-9-17-12-6-2-4-10-3-1-5-11(15(10)12)16(17)21/h1-6H,7-9H2,(H,18,19). The number of hydrogen-bond donors (Lipinski definition) is 1. The van der Waals surface area contributed by atoms with Gasteiger partial charge < -0.3 is 9.84 Å². The van der Waals surface area contributed by atoms with Crippen molar-refractivity contribution in [2.75, 3.05) is 11.6 Å². The predicted octanol–water partition coefficient (Wildman–Crippen LogP) is 2.17. The molecule has 2 aromatic rings. The first kappa shape index (κ1) is 14.1. The summed E-state index contributed by atoms with van der Waals surface area (Å²) < 4.78 is 5.01. The molecule has 1 aliphatic rings. The van der Waals surface area contributed by atoms with Crippen LogP contribution < -0.4 is 4.90 Å². The van der Waals surface area contributed by atoms with Gasteiger partial charge in [-0.1, -0.05) is 24.3 Å². The fraction of sp³-hybridized carbons (Fsp3) is 0.188. The first-order chi connectivity index (χ1) is 10.6. The molecule has 0 saturated heterocycles. The van der Waals surface area contributed by atoms with Crippen LogP contribution in [0.1, 0.15) is 23.2 Å². The smallest absolute Gasteiger partial charge is 0.308 e. The van der Waals surface area contributed by atoms with Crippen molar-refractivity contribution in [1.29, 1.82) is 0 Å². The Morgan fingerprint density at radius 3 is 2.55 bits per heavy atom. The van der Waals surface area contributed by atoms with E-state index in [1.807, 2.05) is 24.3 Å². The highest BCUT2D eigenvalue weighted by atomic mass is 16.5. The van der Waals surface area contributed by atoms with Crippen LogP contribution in [-0.2, 0) is 14.3 Å². The highest BCUT2D eigenvalue weighted by molar-refractivity contribution is 6.24. The van der Waals surface area contributed by atoms with Gasteiger partial charge >= 0.3 is 11.9 Å². The van der Waals surface area contributed by atoms with E-state index in [4.69, 9.17) is 9.84 Å². The minimum Gasteiger partial charge on any atom is -0.481 e. The maximum absolute atomic E-state index is 12.4. The highest BCUT2D eigenvalue weighted by Crippen LogP contribution is 2.36. The highest BCUT2D eigenvalue weighted by Gasteiger charge is 2.30. The molecule has 112 valence electrons. The topological polar surface area (TPSA) is 83.9 Å². The Kier molecular flexibility index (Phi) is 3.50. The van der Waals surface area contributed by atoms with Gasteiger partial charge in [0.05, 0.1) is 18.5 Å². The summed E-state index contributed by atoms with van der Waals surface area (Å²) in [6.45, 7) is -0.217. The monoisotopic (exact) mass is 299 g/mol. The molecule has 0 atom stereocenters. The van der Waals surface area contributed by atoms with E-state index in [0.29, 0.717) is 11.3 Å². The number of ether oxygens (including phenoxy) is 1. The van der Waals surface area contributed by atoms with Gasteiger partial charge in [-0.05, 0) is 17.5 Å². The number of benzene rings is 2. The zero-order valence-electron chi connectivity index (χ0n) is 11.6. The van der Waals surface area contributed by atoms with E-state index in [1.54, 1.807) is 12.1 Å². The number of carboxylic acid groups (broad SMARTS) is 1. The van der Waals surface area contributed by atoms with Crippen LogP contribution >= 0.6 is 0 Å². The molecule has 3 rings (SSSR count). The van der Waals surface area contributed by atoms with Crippen molar-refractivity contribution >= 4 is 34.3 Å². The fourth-order valence-corrected chi connectivity index (χ4v) is 2.53. The number of amides is 1. The third-order valence-electron chi connectivity index (χ3n) is 3.55. The molecule has 0 bridgehead atoms. The number of carbonyl (C=O) groups excluding carboxylic acids is 2. The van der Waals surface area contributed by atoms with Crippen molar-refractivity contribution in [2.45, 2.75) is 12.8 Å². The zero-order chi connectivity index (χ0) is 15.7. The Labute approximate surface area is 125 Å². The average Bonchev–Trinajstić information content (AvgIpc) is 2.78. The number of esters is 1. The molecule has 0 aromatic heterocycles. The van der Waals surface area contributed by atoms with E-state index >= 15 is 0 Å². The summed E-state index contributed by atoms with van der Waals surface area (Å²) in [5.74, 6) is -1.93. The number of nitrogens with zero attached hydrogens (tertiary/aromatic N) is 1. The Bertz CT molecular complexity index is 778. The van der Waals surface area contributed by atoms with Crippen LogP contribution in [0.2, 0.25) is 0 Å². The molecule has 0 saturated carbocycles. The Hall–Kier alpha value is -2.89. The number of carbonyl (C=O) groups is 3. The summed E-state index contributed by atoms with van der Waals surface area (Å²) in [7, 11) is 0. The molecule has 1 N–H and O–H groups in total. The molecule has 0 unspecified atom stereocenters. The summed E-state index contributed by atoms with van der Waals surface area (Å²) in [5, 5.41) is 10.3. The SMILES string of the molecule is O=C(O)CCC(=O)OCN1C(=O)c2cccc3cccc1c23. The molecule has 0 aliphatic carbocycles. The molecule has 1 heterocycles. The van der Waals surface area contributed by atoms with Crippen molar-refractivity contribution in [2.24, 2.45) is 0 Å². The number of carboxylic acids is 1. The number of rotatable bonds is 5. The van der Waals surface area contributed by atoms with E-state index < -0.39 is 11.9 Å². The van der Waals surface area contributed by atoms with Crippen LogP contribution in [0.5, 0.6) is 0 Å². The van der Waals surface area contributed by atoms with Gasteiger partial charge in [-0.15, -0.1) is 0 Å². The first-order valence-corrected chi connectivity index (χ1v) is 6.79. The second kappa shape index (κ2) is 5.48. The molecule has 1 amide bonds. The second-order valence-electron chi connectivity index (χ2n) is 4.95. The van der Waals surface area contributed by atoms with Crippen LogP contribution in [0.3, 0.4) is 0 Å². The van der Waals surface area contributed by atoms with Crippen LogP contribution in [0.25, 0.3) is 10.8 Å². The molecule has 0 fully saturated rings. The van der Waals surface area contributed by atoms with Crippen molar-refractivity contribution in [3.05, 3.63) is 42.0 Å². The summed E-state index contributed by atoms with van der Waals surface area (Å²) >= 11 is 0. The first-order valence-electron chi connectivity index (χ1n) is 6.79. The van der Waals surface area contributed by atoms with Gasteiger partial charge in [-0.3, -0.25) is 19.3 Å². The molecular weight excluding hydrogens is 286 g/mol. The third kappa shape index (κ3) is 2.39. The summed E-state index contributed by atoms with van der Waals surface area (Å²) in [4.78, 5) is 35.7. The van der Waals surface area contributed by atoms with Gasteiger partial charge in [-0.25, -0.2) is 0 Å². The van der Waals surface area contributed by atoms with E-state index in [2.05, 4.69) is 0 Å². The Balaban J connectivity index is 1.77. The van der Waals surface area contributed by atoms with Crippen LogP contribution in [0.4, 0.5) is 5.69 Å². The minimum atomic E-state index is -1.06. The maximum Gasteiger partial charge on any atom is 0.308 e. The van der Waals surface area contributed by atoms with E-state index in [0.717, 1.165) is 10.8 Å². The van der Waals surface area contributed by atoms with E-state index in [-0.39, 0.29) is 25.5 Å². The lowest BCUT2D eigenvalue weighted by Crippen LogP contribution is -2.30. The van der Waals surface area contributed by atoms with Gasteiger partial charge in [0.2, 0.25) is 0 Å². The summed E-state index contributed by atoms with van der Waals surface area (Å²) in [5.41, 5.74) is 1.28. The molecule has 22 heavy (non-hydrogen) atoms. The van der Waals surface area contributed by atoms with Crippen LogP contribution in [-0.4, -0.2) is 29.7 Å². The van der Waals surface area contributed by atoms with Crippen LogP contribution in [0, 0.1) is 0 Å². The van der Waals surface area contributed by atoms with E-state index in [1.165, 1.54) is 4.90 Å². The molecule has 1 aliphatic heterocycles. The summed E-state index contributed by atoms with van der Waals surface area (Å²) in [6, 6.07) is 11.0. The molecule has 6 nitrogen and oxygen atoms in total. The van der Waals surface area contributed by atoms with E-state index in [9.17, 15) is 14.4 Å². The lowest BCUT2D eigenvalue weighted by molar-refractivity contribution is -0.147. The van der Waals surface area contributed by atoms with Crippen LogP contribution in [0.15, 0.2) is 36.4 Å². The van der Waals surface area contributed by atoms with Gasteiger partial charge in [-0.2, -0.15) is 0 Å². The van der Waals surface area contributed by atoms with Gasteiger partial charge in [0.1, 0.15) is 0 Å². The number of anilines is 1. The molecule has 2 aromatic carbocycles. The number of hydrogen-bond acceptors (Lipinski definition) is 4. The zero-order valence-corrected chi connectivity index (χ0v) is 11.6. The quantitative estimate of drug-likeness (QED) is 0.855. The average molecular weight is 299 g/mol. The third-order valence-corrected chi connectivity index (χ3v) is 3.55. The Morgan fingerprint density at radius 1 is 1.09 bits per heavy atom. The predicted molar refractivity (Wildman–Crippen MR) is 78.6 cm³/mol. The lowest BCUT2D eigenvalue weighted by atomic mass is 10.1. The molecular formula is C16H13NO5. The van der Waals surface area contributed by atoms with Gasteiger partial charge in [0.25, 0.3) is 5.91 Å². The minimum absolute atomic E-state index is 0.214. The summed E-state index contributed by atoms with van der Waals surface area (Å²) in [6.07, 6.45) is -0.503. The second-order valence-corrected chi connectivity index (χ2v) is 4.95. The fourth-order valence-electron chi connectivity index (χ4n) is 2.53. The van der Waals surface area contributed by atoms with Crippen molar-refractivity contribution in [3.8, 4) is 0 Å². The largest absolute Gasteiger partial charge is 0.481 e. The number of aliphatic carboxylic acids is 1. The lowest BCUT2D eigenvalue weighted by Gasteiger charge is -2.17. The van der Waals surface area contributed by atoms with Gasteiger partial charge in [0, 0.05) is 10.9 Å². The van der Waals surface area contributed by atoms with Crippen molar-refractivity contribution in [3.63, 3.8) is 0 Å². The Morgan fingerprint density at radius 2 is 1.82 bits per heavy atom. The maximum atomic E-state index is 12.4. The van der Waals surface area contributed by atoms with Gasteiger partial charge in [0.15, 0.2) is 6.73 Å². The van der Waals surface area contributed by atoms with Crippen molar-refractivity contribution < 1.29 is 24.2 Å². The normalized spacial score (nSPS) is 12.7.